The van der Waals surface area contributed by atoms with Crippen LogP contribution in [0.4, 0.5) is 11.5 Å². The van der Waals surface area contributed by atoms with Gasteiger partial charge >= 0.3 is 0 Å². The van der Waals surface area contributed by atoms with E-state index in [1.807, 2.05) is 6.92 Å². The van der Waals surface area contributed by atoms with Crippen molar-refractivity contribution in [3.8, 4) is 0 Å². The Hall–Kier alpha value is -2.30. The fraction of sp³-hybridized carbons (Fsp3) is 0.0909. The van der Waals surface area contributed by atoms with Gasteiger partial charge in [0.15, 0.2) is 5.82 Å². The third-order valence-corrected chi connectivity index (χ3v) is 2.12. The number of hydrogen-bond acceptors (Lipinski definition) is 3. The van der Waals surface area contributed by atoms with Crippen LogP contribution in [0.2, 0.25) is 0 Å². The van der Waals surface area contributed by atoms with Gasteiger partial charge in [0.2, 0.25) is 0 Å². The van der Waals surface area contributed by atoms with Crippen LogP contribution in [0.15, 0.2) is 30.3 Å². The molecule has 16 heavy (non-hydrogen) atoms. The summed E-state index contributed by atoms with van der Waals surface area (Å²) in [7, 11) is 0. The molecule has 1 aromatic carbocycles. The summed E-state index contributed by atoms with van der Waals surface area (Å²) < 4.78 is 0. The van der Waals surface area contributed by atoms with E-state index in [1.165, 1.54) is 0 Å². The molecule has 5 heteroatoms. The van der Waals surface area contributed by atoms with Gasteiger partial charge in [-0.3, -0.25) is 9.89 Å². The van der Waals surface area contributed by atoms with Gasteiger partial charge in [-0.25, -0.2) is 0 Å². The maximum absolute atomic E-state index is 11.7. The predicted molar refractivity (Wildman–Crippen MR) is 62.1 cm³/mol. The Labute approximate surface area is 92.7 Å². The Morgan fingerprint density at radius 2 is 2.06 bits per heavy atom. The standard InChI is InChI=1S/C11H12N4O/c1-7-6-10(15-14-7)13-11(16)8-2-4-9(12)5-3-8/h2-6H,12H2,1H3,(H2,13,14,15,16). The predicted octanol–water partition coefficient (Wildman–Crippen LogP) is 1.55. The molecule has 0 fully saturated rings. The van der Waals surface area contributed by atoms with Gasteiger partial charge in [-0.2, -0.15) is 5.10 Å². The Bertz CT molecular complexity index is 501. The number of nitrogens with two attached hydrogens (primary N) is 1. The average molecular weight is 216 g/mol. The fourth-order valence-corrected chi connectivity index (χ4v) is 1.31. The summed E-state index contributed by atoms with van der Waals surface area (Å²) in [5.74, 6) is 0.311. The molecule has 0 saturated carbocycles. The molecule has 1 heterocycles. The van der Waals surface area contributed by atoms with E-state index < -0.39 is 0 Å². The van der Waals surface area contributed by atoms with Crippen molar-refractivity contribution >= 4 is 17.4 Å². The van der Waals surface area contributed by atoms with Gasteiger partial charge in [0.05, 0.1) is 0 Å². The molecular formula is C11H12N4O. The molecule has 0 atom stereocenters. The monoisotopic (exact) mass is 216 g/mol. The molecule has 0 aliphatic heterocycles. The molecule has 82 valence electrons. The highest BCUT2D eigenvalue weighted by Crippen LogP contribution is 2.09. The number of nitrogens with zero attached hydrogens (tertiary/aromatic N) is 1. The number of nitrogens with one attached hydrogen (secondary N) is 2. The summed E-state index contributed by atoms with van der Waals surface area (Å²) in [5, 5.41) is 9.34. The van der Waals surface area contributed by atoms with Crippen molar-refractivity contribution in [3.63, 3.8) is 0 Å². The Balaban J connectivity index is 2.11. The fourth-order valence-electron chi connectivity index (χ4n) is 1.31. The van der Waals surface area contributed by atoms with Crippen LogP contribution in [-0.2, 0) is 0 Å². The zero-order valence-corrected chi connectivity index (χ0v) is 8.82. The first-order valence-corrected chi connectivity index (χ1v) is 4.84. The molecule has 2 rings (SSSR count). The van der Waals surface area contributed by atoms with Crippen LogP contribution in [0.25, 0.3) is 0 Å². The quantitative estimate of drug-likeness (QED) is 0.666. The van der Waals surface area contributed by atoms with E-state index in [4.69, 9.17) is 5.73 Å². The zero-order valence-electron chi connectivity index (χ0n) is 8.82. The summed E-state index contributed by atoms with van der Waals surface area (Å²) in [5.41, 5.74) is 7.61. The molecule has 0 aliphatic carbocycles. The lowest BCUT2D eigenvalue weighted by atomic mass is 10.2. The number of aromatic nitrogens is 2. The molecule has 4 N–H and O–H groups in total. The highest BCUT2D eigenvalue weighted by atomic mass is 16.1. The van der Waals surface area contributed by atoms with Crippen LogP contribution >= 0.6 is 0 Å². The highest BCUT2D eigenvalue weighted by Gasteiger charge is 2.06. The maximum Gasteiger partial charge on any atom is 0.256 e. The van der Waals surface area contributed by atoms with Crippen molar-refractivity contribution in [2.75, 3.05) is 11.1 Å². The third-order valence-electron chi connectivity index (χ3n) is 2.12. The van der Waals surface area contributed by atoms with E-state index in [0.29, 0.717) is 17.1 Å². The summed E-state index contributed by atoms with van der Waals surface area (Å²) in [6.07, 6.45) is 0. The number of amides is 1. The van der Waals surface area contributed by atoms with E-state index in [1.54, 1.807) is 30.3 Å². The van der Waals surface area contributed by atoms with Crippen LogP contribution in [-0.4, -0.2) is 16.1 Å². The molecule has 0 aliphatic rings. The van der Waals surface area contributed by atoms with Gasteiger partial charge < -0.3 is 11.1 Å². The lowest BCUT2D eigenvalue weighted by Crippen LogP contribution is -2.12. The van der Waals surface area contributed by atoms with Crippen molar-refractivity contribution in [2.24, 2.45) is 0 Å². The Morgan fingerprint density at radius 3 is 2.62 bits per heavy atom. The third kappa shape index (κ3) is 2.20. The zero-order chi connectivity index (χ0) is 11.5. The first-order chi connectivity index (χ1) is 7.65. The number of H-pyrrole nitrogens is 1. The maximum atomic E-state index is 11.7. The Morgan fingerprint density at radius 1 is 1.38 bits per heavy atom. The first kappa shape index (κ1) is 10.2. The molecular weight excluding hydrogens is 204 g/mol. The topological polar surface area (TPSA) is 83.8 Å². The number of benzene rings is 1. The van der Waals surface area contributed by atoms with E-state index in [0.717, 1.165) is 5.69 Å². The van der Waals surface area contributed by atoms with Crippen molar-refractivity contribution in [1.29, 1.82) is 0 Å². The van der Waals surface area contributed by atoms with Crippen LogP contribution in [0, 0.1) is 6.92 Å². The number of rotatable bonds is 2. The molecule has 2 aromatic rings. The lowest BCUT2D eigenvalue weighted by Gasteiger charge is -2.01. The average Bonchev–Trinajstić information content (AvgIpc) is 2.65. The molecule has 0 spiro atoms. The molecule has 0 bridgehead atoms. The SMILES string of the molecule is Cc1cc(NC(=O)c2ccc(N)cc2)n[nH]1. The van der Waals surface area contributed by atoms with Gasteiger partial charge in [-0.15, -0.1) is 0 Å². The highest BCUT2D eigenvalue weighted by molar-refractivity contribution is 6.03. The summed E-state index contributed by atoms with van der Waals surface area (Å²) >= 11 is 0. The number of anilines is 2. The van der Waals surface area contributed by atoms with E-state index >= 15 is 0 Å². The van der Waals surface area contributed by atoms with Crippen LogP contribution in [0.5, 0.6) is 0 Å². The minimum atomic E-state index is -0.202. The molecule has 5 nitrogen and oxygen atoms in total. The molecule has 0 saturated heterocycles. The van der Waals surface area contributed by atoms with Crippen molar-refractivity contribution in [3.05, 3.63) is 41.6 Å². The van der Waals surface area contributed by atoms with Crippen molar-refractivity contribution in [1.82, 2.24) is 10.2 Å². The normalized spacial score (nSPS) is 10.1. The van der Waals surface area contributed by atoms with Crippen LogP contribution < -0.4 is 11.1 Å². The van der Waals surface area contributed by atoms with Crippen molar-refractivity contribution < 1.29 is 4.79 Å². The number of aromatic amines is 1. The van der Waals surface area contributed by atoms with Gasteiger partial charge in [-0.05, 0) is 31.2 Å². The van der Waals surface area contributed by atoms with Crippen molar-refractivity contribution in [2.45, 2.75) is 6.92 Å². The van der Waals surface area contributed by atoms with Gasteiger partial charge in [0.1, 0.15) is 0 Å². The molecule has 0 radical (unpaired) electrons. The summed E-state index contributed by atoms with van der Waals surface area (Å²) in [4.78, 5) is 11.7. The van der Waals surface area contributed by atoms with Crippen LogP contribution in [0.3, 0.4) is 0 Å². The van der Waals surface area contributed by atoms with E-state index in [-0.39, 0.29) is 5.91 Å². The second kappa shape index (κ2) is 4.06. The number of carbonyl (C=O) groups is 1. The largest absolute Gasteiger partial charge is 0.399 e. The minimum absolute atomic E-state index is 0.202. The van der Waals surface area contributed by atoms with Gasteiger partial charge in [0.25, 0.3) is 5.91 Å². The number of nitrogen functional groups attached to an aromatic ring is 1. The number of hydrogen-bond donors (Lipinski definition) is 3. The number of aryl methyl sites for hydroxylation is 1. The smallest absolute Gasteiger partial charge is 0.256 e. The summed E-state index contributed by atoms with van der Waals surface area (Å²) in [6, 6.07) is 8.47. The molecule has 0 unspecified atom stereocenters. The van der Waals surface area contributed by atoms with Crippen LogP contribution in [0.1, 0.15) is 16.1 Å². The Kier molecular flexibility index (Phi) is 2.59. The van der Waals surface area contributed by atoms with E-state index in [9.17, 15) is 4.79 Å². The molecule has 1 aromatic heterocycles. The van der Waals surface area contributed by atoms with Gasteiger partial charge in [-0.1, -0.05) is 0 Å². The minimum Gasteiger partial charge on any atom is -0.399 e. The second-order valence-corrected chi connectivity index (χ2v) is 3.51. The summed E-state index contributed by atoms with van der Waals surface area (Å²) in [6.45, 7) is 1.87. The number of carbonyl (C=O) groups excluding carboxylic acids is 1. The first-order valence-electron chi connectivity index (χ1n) is 4.84. The van der Waals surface area contributed by atoms with Gasteiger partial charge in [0, 0.05) is 23.0 Å². The second-order valence-electron chi connectivity index (χ2n) is 3.51. The lowest BCUT2D eigenvalue weighted by molar-refractivity contribution is 0.102. The molecule has 1 amide bonds. The van der Waals surface area contributed by atoms with E-state index in [2.05, 4.69) is 15.5 Å².